The number of rotatable bonds is 8. The smallest absolute Gasteiger partial charge is 0.274 e. The zero-order chi connectivity index (χ0) is 19.1. The number of hydrogen-bond acceptors (Lipinski definition) is 7. The maximum atomic E-state index is 12.6. The van der Waals surface area contributed by atoms with E-state index in [-0.39, 0.29) is 11.6 Å². The zero-order valence-electron chi connectivity index (χ0n) is 15.7. The Morgan fingerprint density at radius 1 is 1.00 bits per heavy atom. The molecule has 8 heteroatoms. The number of nitrogens with zero attached hydrogens (tertiary/aromatic N) is 3. The first kappa shape index (κ1) is 19.3. The lowest BCUT2D eigenvalue weighted by molar-refractivity contribution is 0.102. The topological polar surface area (TPSA) is 85.8 Å². The van der Waals surface area contributed by atoms with Crippen LogP contribution in [0.2, 0.25) is 0 Å². The summed E-state index contributed by atoms with van der Waals surface area (Å²) in [7, 11) is 4.56. The van der Waals surface area contributed by atoms with E-state index in [1.54, 1.807) is 18.2 Å². The molecule has 0 radical (unpaired) electrons. The summed E-state index contributed by atoms with van der Waals surface area (Å²) < 4.78 is 15.9. The maximum Gasteiger partial charge on any atom is 0.274 e. The Labute approximate surface area is 153 Å². The largest absolute Gasteiger partial charge is 0.493 e. The van der Waals surface area contributed by atoms with E-state index in [1.165, 1.54) is 27.7 Å². The van der Waals surface area contributed by atoms with Crippen molar-refractivity contribution in [3.63, 3.8) is 0 Å². The Kier molecular flexibility index (Phi) is 6.60. The third kappa shape index (κ3) is 4.14. The summed E-state index contributed by atoms with van der Waals surface area (Å²) in [5.41, 5.74) is 0.781. The summed E-state index contributed by atoms with van der Waals surface area (Å²) in [6.07, 6.45) is 1.39. The van der Waals surface area contributed by atoms with E-state index in [9.17, 15) is 4.79 Å². The van der Waals surface area contributed by atoms with Gasteiger partial charge in [-0.1, -0.05) is 0 Å². The molecule has 26 heavy (non-hydrogen) atoms. The molecule has 140 valence electrons. The molecule has 0 aliphatic carbocycles. The molecule has 0 aliphatic rings. The zero-order valence-corrected chi connectivity index (χ0v) is 15.7. The summed E-state index contributed by atoms with van der Waals surface area (Å²) in [5, 5.41) is 2.80. The van der Waals surface area contributed by atoms with Gasteiger partial charge in [-0.25, -0.2) is 9.97 Å². The molecule has 2 rings (SSSR count). The minimum Gasteiger partial charge on any atom is -0.493 e. The molecule has 0 fully saturated rings. The van der Waals surface area contributed by atoms with Gasteiger partial charge in [0, 0.05) is 37.0 Å². The highest BCUT2D eigenvalue weighted by atomic mass is 16.5. The van der Waals surface area contributed by atoms with Crippen molar-refractivity contribution in [2.24, 2.45) is 0 Å². The molecular formula is C18H24N4O4. The highest BCUT2D eigenvalue weighted by molar-refractivity contribution is 6.03. The van der Waals surface area contributed by atoms with Crippen molar-refractivity contribution >= 4 is 17.4 Å². The van der Waals surface area contributed by atoms with Gasteiger partial charge in [-0.15, -0.1) is 0 Å². The first-order chi connectivity index (χ1) is 12.6. The summed E-state index contributed by atoms with van der Waals surface area (Å²) in [5.74, 6) is 1.72. The number of ether oxygens (including phenoxy) is 3. The molecule has 1 amide bonds. The van der Waals surface area contributed by atoms with Crippen LogP contribution in [0.4, 0.5) is 11.5 Å². The summed E-state index contributed by atoms with van der Waals surface area (Å²) in [6.45, 7) is 5.64. The Balaban J connectivity index is 2.29. The van der Waals surface area contributed by atoms with Gasteiger partial charge in [0.25, 0.3) is 5.91 Å². The number of carbonyl (C=O) groups excluding carboxylic acids is 1. The molecule has 1 N–H and O–H groups in total. The van der Waals surface area contributed by atoms with Crippen molar-refractivity contribution < 1.29 is 19.0 Å². The quantitative estimate of drug-likeness (QED) is 0.774. The normalized spacial score (nSPS) is 10.2. The minimum atomic E-state index is -0.352. The van der Waals surface area contributed by atoms with E-state index >= 15 is 0 Å². The van der Waals surface area contributed by atoms with Crippen molar-refractivity contribution in [1.82, 2.24) is 9.97 Å². The number of hydrogen-bond donors (Lipinski definition) is 1. The molecule has 1 aromatic carbocycles. The highest BCUT2D eigenvalue weighted by Crippen LogP contribution is 2.40. The summed E-state index contributed by atoms with van der Waals surface area (Å²) in [6, 6.07) is 4.98. The van der Waals surface area contributed by atoms with Gasteiger partial charge < -0.3 is 24.4 Å². The van der Waals surface area contributed by atoms with Crippen LogP contribution in [0, 0.1) is 0 Å². The van der Waals surface area contributed by atoms with Gasteiger partial charge in [0.05, 0.1) is 21.3 Å². The van der Waals surface area contributed by atoms with E-state index in [4.69, 9.17) is 14.2 Å². The monoisotopic (exact) mass is 360 g/mol. The van der Waals surface area contributed by atoms with Crippen LogP contribution in [0.1, 0.15) is 24.3 Å². The van der Waals surface area contributed by atoms with Crippen molar-refractivity contribution in [1.29, 1.82) is 0 Å². The van der Waals surface area contributed by atoms with E-state index in [2.05, 4.69) is 15.3 Å². The van der Waals surface area contributed by atoms with Gasteiger partial charge in [0.15, 0.2) is 11.5 Å². The SMILES string of the molecule is CCN(CC)c1cc(C(=O)Nc2cc(OC)c(OC)c(OC)c2)ncn1. The second-order valence-electron chi connectivity index (χ2n) is 5.30. The average molecular weight is 360 g/mol. The van der Waals surface area contributed by atoms with Gasteiger partial charge in [0.1, 0.15) is 17.8 Å². The van der Waals surface area contributed by atoms with Crippen LogP contribution < -0.4 is 24.4 Å². The predicted molar refractivity (Wildman–Crippen MR) is 99.6 cm³/mol. The predicted octanol–water partition coefficient (Wildman–Crippen LogP) is 2.60. The van der Waals surface area contributed by atoms with Crippen molar-refractivity contribution in [3.8, 4) is 17.2 Å². The number of benzene rings is 1. The van der Waals surface area contributed by atoms with Gasteiger partial charge >= 0.3 is 0 Å². The third-order valence-corrected chi connectivity index (χ3v) is 3.90. The first-order valence-electron chi connectivity index (χ1n) is 8.26. The molecule has 1 aromatic heterocycles. The second kappa shape index (κ2) is 8.89. The fourth-order valence-electron chi connectivity index (χ4n) is 2.54. The lowest BCUT2D eigenvalue weighted by Gasteiger charge is -2.19. The number of nitrogens with one attached hydrogen (secondary N) is 1. The molecule has 0 bridgehead atoms. The van der Waals surface area contributed by atoms with E-state index in [0.29, 0.717) is 28.8 Å². The Morgan fingerprint density at radius 3 is 2.12 bits per heavy atom. The molecule has 0 saturated carbocycles. The van der Waals surface area contributed by atoms with Crippen LogP contribution in [0.5, 0.6) is 17.2 Å². The average Bonchev–Trinajstić information content (AvgIpc) is 2.68. The number of amides is 1. The van der Waals surface area contributed by atoms with Crippen molar-refractivity contribution in [2.45, 2.75) is 13.8 Å². The molecule has 0 unspecified atom stereocenters. The Hall–Kier alpha value is -3.03. The lowest BCUT2D eigenvalue weighted by Crippen LogP contribution is -2.24. The number of anilines is 2. The second-order valence-corrected chi connectivity index (χ2v) is 5.30. The van der Waals surface area contributed by atoms with Crippen LogP contribution in [0.15, 0.2) is 24.5 Å². The summed E-state index contributed by atoms with van der Waals surface area (Å²) >= 11 is 0. The molecule has 0 atom stereocenters. The first-order valence-corrected chi connectivity index (χ1v) is 8.26. The molecule has 0 aliphatic heterocycles. The van der Waals surface area contributed by atoms with Crippen LogP contribution in [-0.2, 0) is 0 Å². The van der Waals surface area contributed by atoms with E-state index in [0.717, 1.165) is 13.1 Å². The lowest BCUT2D eigenvalue weighted by atomic mass is 10.2. The number of carbonyl (C=O) groups is 1. The molecular weight excluding hydrogens is 336 g/mol. The number of methoxy groups -OCH3 is 3. The Bertz CT molecular complexity index is 738. The van der Waals surface area contributed by atoms with Crippen LogP contribution >= 0.6 is 0 Å². The van der Waals surface area contributed by atoms with Gasteiger partial charge in [-0.05, 0) is 13.8 Å². The van der Waals surface area contributed by atoms with Gasteiger partial charge in [0.2, 0.25) is 5.75 Å². The number of aromatic nitrogens is 2. The summed E-state index contributed by atoms with van der Waals surface area (Å²) in [4.78, 5) is 22.9. The standard InChI is InChI=1S/C18H24N4O4/c1-6-22(7-2)16-10-13(19-11-20-16)18(23)21-12-8-14(24-3)17(26-5)15(9-12)25-4/h8-11H,6-7H2,1-5H3,(H,21,23). The molecule has 0 saturated heterocycles. The van der Waals surface area contributed by atoms with Crippen molar-refractivity contribution in [2.75, 3.05) is 44.6 Å². The molecule has 0 spiro atoms. The molecule has 8 nitrogen and oxygen atoms in total. The maximum absolute atomic E-state index is 12.6. The van der Waals surface area contributed by atoms with Gasteiger partial charge in [-0.3, -0.25) is 4.79 Å². The third-order valence-electron chi connectivity index (χ3n) is 3.90. The Morgan fingerprint density at radius 2 is 1.62 bits per heavy atom. The minimum absolute atomic E-state index is 0.274. The fourth-order valence-corrected chi connectivity index (χ4v) is 2.54. The van der Waals surface area contributed by atoms with Crippen molar-refractivity contribution in [3.05, 3.63) is 30.2 Å². The van der Waals surface area contributed by atoms with Gasteiger partial charge in [-0.2, -0.15) is 0 Å². The highest BCUT2D eigenvalue weighted by Gasteiger charge is 2.16. The van der Waals surface area contributed by atoms with Crippen LogP contribution in [0.3, 0.4) is 0 Å². The molecule has 2 aromatic rings. The fraction of sp³-hybridized carbons (Fsp3) is 0.389. The molecule has 1 heterocycles. The van der Waals surface area contributed by atoms with E-state index in [1.807, 2.05) is 18.7 Å². The van der Waals surface area contributed by atoms with Crippen LogP contribution in [-0.4, -0.2) is 50.3 Å². The van der Waals surface area contributed by atoms with E-state index < -0.39 is 0 Å². The van der Waals surface area contributed by atoms with Crippen LogP contribution in [0.25, 0.3) is 0 Å².